The van der Waals surface area contributed by atoms with E-state index in [0.29, 0.717) is 12.2 Å². The van der Waals surface area contributed by atoms with Crippen molar-refractivity contribution in [3.63, 3.8) is 0 Å². The number of fused-ring (bicyclic) bond motifs is 1. The van der Waals surface area contributed by atoms with E-state index in [-0.39, 0.29) is 24.4 Å². The molecule has 0 aromatic carbocycles. The van der Waals surface area contributed by atoms with Crippen LogP contribution in [0.25, 0.3) is 0 Å². The molecule has 8 nitrogen and oxygen atoms in total. The Hall–Kier alpha value is -2.19. The summed E-state index contributed by atoms with van der Waals surface area (Å²) in [5, 5.41) is 21.7. The molecule has 2 aromatic heterocycles. The van der Waals surface area contributed by atoms with Crippen LogP contribution in [0.2, 0.25) is 0 Å². The summed E-state index contributed by atoms with van der Waals surface area (Å²) in [5.41, 5.74) is 2.60. The highest BCUT2D eigenvalue weighted by atomic mass is 35.5. The standard InChI is InChI=1S/C16H21N7O.ClH/c24-16(15-12-9-17-7-5-13(12)20-22-15)19-11-3-2-8-23(10-11)14-4-1-6-18-21-14;/h1,4,6,11,17H,2-3,5,7-10H2,(H,19,24)(H,20,22);1H. The summed E-state index contributed by atoms with van der Waals surface area (Å²) in [6, 6.07) is 3.93. The maximum absolute atomic E-state index is 12.6. The number of H-pyrrole nitrogens is 1. The molecule has 1 unspecified atom stereocenters. The number of anilines is 1. The number of nitrogens with one attached hydrogen (secondary N) is 3. The summed E-state index contributed by atoms with van der Waals surface area (Å²) >= 11 is 0. The van der Waals surface area contributed by atoms with Gasteiger partial charge in [-0.1, -0.05) is 0 Å². The Balaban J connectivity index is 0.00000182. The van der Waals surface area contributed by atoms with E-state index >= 15 is 0 Å². The highest BCUT2D eigenvalue weighted by Gasteiger charge is 2.26. The first-order chi connectivity index (χ1) is 11.8. The summed E-state index contributed by atoms with van der Waals surface area (Å²) in [7, 11) is 0. The van der Waals surface area contributed by atoms with E-state index in [1.807, 2.05) is 12.1 Å². The van der Waals surface area contributed by atoms with Gasteiger partial charge in [0.25, 0.3) is 5.91 Å². The minimum Gasteiger partial charge on any atom is -0.353 e. The minimum absolute atomic E-state index is 0. The molecule has 1 fully saturated rings. The normalized spacial score (nSPS) is 19.7. The Kier molecular flexibility index (Phi) is 5.50. The third-order valence-corrected chi connectivity index (χ3v) is 4.66. The predicted molar refractivity (Wildman–Crippen MR) is 96.0 cm³/mol. The van der Waals surface area contributed by atoms with Crippen LogP contribution in [0, 0.1) is 0 Å². The molecule has 0 saturated carbocycles. The lowest BCUT2D eigenvalue weighted by Gasteiger charge is -2.33. The summed E-state index contributed by atoms with van der Waals surface area (Å²) in [6.45, 7) is 3.30. The molecule has 1 saturated heterocycles. The second kappa shape index (κ2) is 7.79. The molecule has 0 bridgehead atoms. The summed E-state index contributed by atoms with van der Waals surface area (Å²) in [4.78, 5) is 14.8. The fourth-order valence-corrected chi connectivity index (χ4v) is 3.43. The van der Waals surface area contributed by atoms with E-state index in [4.69, 9.17) is 0 Å². The third-order valence-electron chi connectivity index (χ3n) is 4.66. The molecule has 1 atom stereocenters. The third kappa shape index (κ3) is 3.74. The van der Waals surface area contributed by atoms with Crippen LogP contribution >= 0.6 is 12.4 Å². The maximum atomic E-state index is 12.6. The number of nitrogens with zero attached hydrogens (tertiary/aromatic N) is 4. The Morgan fingerprint density at radius 3 is 3.16 bits per heavy atom. The van der Waals surface area contributed by atoms with Crippen LogP contribution < -0.4 is 15.5 Å². The van der Waals surface area contributed by atoms with Gasteiger partial charge in [0.05, 0.1) is 0 Å². The lowest BCUT2D eigenvalue weighted by atomic mass is 10.0. The van der Waals surface area contributed by atoms with E-state index < -0.39 is 0 Å². The van der Waals surface area contributed by atoms with Gasteiger partial charge in [-0.2, -0.15) is 10.2 Å². The van der Waals surface area contributed by atoms with Crippen molar-refractivity contribution in [1.82, 2.24) is 31.0 Å². The van der Waals surface area contributed by atoms with Gasteiger partial charge in [-0.05, 0) is 25.0 Å². The quantitative estimate of drug-likeness (QED) is 0.741. The van der Waals surface area contributed by atoms with Gasteiger partial charge in [-0.25, -0.2) is 0 Å². The van der Waals surface area contributed by atoms with Crippen LogP contribution in [0.5, 0.6) is 0 Å². The van der Waals surface area contributed by atoms with E-state index in [1.54, 1.807) is 6.20 Å². The van der Waals surface area contributed by atoms with Crippen molar-refractivity contribution < 1.29 is 4.79 Å². The molecule has 1 amide bonds. The zero-order chi connectivity index (χ0) is 16.4. The molecule has 9 heteroatoms. The zero-order valence-corrected chi connectivity index (χ0v) is 14.7. The number of halogens is 1. The van der Waals surface area contributed by atoms with Crippen LogP contribution in [-0.2, 0) is 13.0 Å². The highest BCUT2D eigenvalue weighted by molar-refractivity contribution is 5.94. The lowest BCUT2D eigenvalue weighted by Crippen LogP contribution is -2.48. The van der Waals surface area contributed by atoms with Crippen LogP contribution in [0.15, 0.2) is 18.3 Å². The van der Waals surface area contributed by atoms with Crippen molar-refractivity contribution in [3.05, 3.63) is 35.3 Å². The van der Waals surface area contributed by atoms with Crippen LogP contribution in [0.1, 0.15) is 34.6 Å². The number of hydrogen-bond donors (Lipinski definition) is 3. The van der Waals surface area contributed by atoms with Crippen molar-refractivity contribution in [3.8, 4) is 0 Å². The van der Waals surface area contributed by atoms with Gasteiger partial charge in [-0.15, -0.1) is 17.5 Å². The van der Waals surface area contributed by atoms with Gasteiger partial charge in [-0.3, -0.25) is 9.89 Å². The van der Waals surface area contributed by atoms with Gasteiger partial charge in [0.1, 0.15) is 0 Å². The summed E-state index contributed by atoms with van der Waals surface area (Å²) in [6.07, 6.45) is 4.54. The number of amides is 1. The van der Waals surface area contributed by atoms with Gasteiger partial charge < -0.3 is 15.5 Å². The molecule has 2 aromatic rings. The van der Waals surface area contributed by atoms with Crippen molar-refractivity contribution in [1.29, 1.82) is 0 Å². The SMILES string of the molecule is Cl.O=C(NC1CCCN(c2cccnn2)C1)c1n[nH]c2c1CNCC2. The van der Waals surface area contributed by atoms with Crippen molar-refractivity contribution in [2.75, 3.05) is 24.5 Å². The maximum Gasteiger partial charge on any atom is 0.272 e. The van der Waals surface area contributed by atoms with Crippen molar-refractivity contribution >= 4 is 24.1 Å². The van der Waals surface area contributed by atoms with Crippen LogP contribution in [0.3, 0.4) is 0 Å². The largest absolute Gasteiger partial charge is 0.353 e. The monoisotopic (exact) mass is 363 g/mol. The first-order valence-corrected chi connectivity index (χ1v) is 8.41. The van der Waals surface area contributed by atoms with Gasteiger partial charge >= 0.3 is 0 Å². The first-order valence-electron chi connectivity index (χ1n) is 8.41. The molecule has 4 rings (SSSR count). The van der Waals surface area contributed by atoms with Gasteiger partial charge in [0.2, 0.25) is 0 Å². The number of carbonyl (C=O) groups excluding carboxylic acids is 1. The average molecular weight is 364 g/mol. The summed E-state index contributed by atoms with van der Waals surface area (Å²) < 4.78 is 0. The minimum atomic E-state index is -0.0952. The van der Waals surface area contributed by atoms with E-state index in [2.05, 4.69) is 35.9 Å². The molecule has 25 heavy (non-hydrogen) atoms. The van der Waals surface area contributed by atoms with Gasteiger partial charge in [0.15, 0.2) is 11.5 Å². The topological polar surface area (TPSA) is 98.8 Å². The van der Waals surface area contributed by atoms with Crippen LogP contribution in [-0.4, -0.2) is 52.0 Å². The summed E-state index contributed by atoms with van der Waals surface area (Å²) in [5.74, 6) is 0.764. The zero-order valence-electron chi connectivity index (χ0n) is 13.9. The van der Waals surface area contributed by atoms with Crippen molar-refractivity contribution in [2.24, 2.45) is 0 Å². The number of hydrogen-bond acceptors (Lipinski definition) is 6. The molecule has 134 valence electrons. The van der Waals surface area contributed by atoms with Crippen molar-refractivity contribution in [2.45, 2.75) is 31.8 Å². The molecule has 0 spiro atoms. The van der Waals surface area contributed by atoms with Gasteiger partial charge in [0, 0.05) is 56.1 Å². The number of carbonyl (C=O) groups is 1. The second-order valence-electron chi connectivity index (χ2n) is 6.30. The molecular weight excluding hydrogens is 342 g/mol. The molecule has 0 radical (unpaired) electrons. The fraction of sp³-hybridized carbons (Fsp3) is 0.500. The first kappa shape index (κ1) is 17.6. The number of aromatic amines is 1. The molecule has 4 heterocycles. The Labute approximate surface area is 152 Å². The smallest absolute Gasteiger partial charge is 0.272 e. The molecule has 3 N–H and O–H groups in total. The fourth-order valence-electron chi connectivity index (χ4n) is 3.43. The van der Waals surface area contributed by atoms with E-state index in [0.717, 1.165) is 56.0 Å². The lowest BCUT2D eigenvalue weighted by molar-refractivity contribution is 0.0927. The average Bonchev–Trinajstić information content (AvgIpc) is 3.07. The van der Waals surface area contributed by atoms with Crippen LogP contribution in [0.4, 0.5) is 5.82 Å². The highest BCUT2D eigenvalue weighted by Crippen LogP contribution is 2.18. The second-order valence-corrected chi connectivity index (χ2v) is 6.30. The molecule has 0 aliphatic carbocycles. The predicted octanol–water partition coefficient (Wildman–Crippen LogP) is 0.666. The number of aromatic nitrogens is 4. The van der Waals surface area contributed by atoms with E-state index in [1.165, 1.54) is 0 Å². The van der Waals surface area contributed by atoms with E-state index in [9.17, 15) is 4.79 Å². The molecule has 2 aliphatic rings. The Bertz CT molecular complexity index is 721. The molecule has 2 aliphatic heterocycles. The Morgan fingerprint density at radius 1 is 1.40 bits per heavy atom. The Morgan fingerprint density at radius 2 is 2.32 bits per heavy atom. The molecular formula is C16H22ClN7O. The number of rotatable bonds is 3. The number of piperidine rings is 1.